The van der Waals surface area contributed by atoms with Gasteiger partial charge in [0.2, 0.25) is 0 Å². The number of hydrogen-bond acceptors (Lipinski definition) is 3. The third-order valence-electron chi connectivity index (χ3n) is 4.00. The second-order valence-corrected chi connectivity index (χ2v) is 5.28. The molecule has 1 aromatic rings. The average Bonchev–Trinajstić information content (AvgIpc) is 2.69. The minimum Gasteiger partial charge on any atom is -0.344 e. The van der Waals surface area contributed by atoms with Gasteiger partial charge in [0.15, 0.2) is 12.0 Å². The number of rotatable bonds is 2. The van der Waals surface area contributed by atoms with Gasteiger partial charge in [0.05, 0.1) is 12.1 Å². The Labute approximate surface area is 106 Å². The number of hydrogen-bond donors (Lipinski definition) is 0. The zero-order valence-corrected chi connectivity index (χ0v) is 10.7. The molecule has 3 nitrogen and oxygen atoms in total. The number of fused-ring (bicyclic) bond motifs is 2. The van der Waals surface area contributed by atoms with E-state index in [2.05, 4.69) is 0 Å². The molecule has 2 aliphatic heterocycles. The fourth-order valence-corrected chi connectivity index (χ4v) is 2.70. The molecule has 2 bridgehead atoms. The summed E-state index contributed by atoms with van der Waals surface area (Å²) in [6.07, 6.45) is -0.121. The fraction of sp³-hybridized carbons (Fsp3) is 0.571. The van der Waals surface area contributed by atoms with Gasteiger partial charge < -0.3 is 4.74 Å². The van der Waals surface area contributed by atoms with Crippen molar-refractivity contribution in [3.8, 4) is 0 Å². The standard InChI is InChI=1S/C14H18FNO2/c1-10-14(2,15)12-8-13(17-10)18-16(12)9-11-6-4-3-5-7-11/h3-7,10,12-13H,8-9H2,1-2H3/t10-,12-,13+,14+/m1/s1. The molecule has 1 aromatic carbocycles. The Morgan fingerprint density at radius 1 is 1.39 bits per heavy atom. The molecular formula is C14H18FNO2. The lowest BCUT2D eigenvalue weighted by Crippen LogP contribution is -2.53. The first kappa shape index (κ1) is 12.1. The van der Waals surface area contributed by atoms with Gasteiger partial charge in [-0.05, 0) is 19.4 Å². The summed E-state index contributed by atoms with van der Waals surface area (Å²) in [4.78, 5) is 5.67. The number of ether oxygens (including phenoxy) is 1. The Bertz CT molecular complexity index is 423. The van der Waals surface area contributed by atoms with Gasteiger partial charge in [-0.25, -0.2) is 4.39 Å². The summed E-state index contributed by atoms with van der Waals surface area (Å²) >= 11 is 0. The van der Waals surface area contributed by atoms with Crippen LogP contribution >= 0.6 is 0 Å². The molecule has 2 fully saturated rings. The molecule has 98 valence electrons. The number of benzene rings is 1. The predicted octanol–water partition coefficient (Wildman–Crippen LogP) is 2.67. The molecule has 0 amide bonds. The van der Waals surface area contributed by atoms with Crippen molar-refractivity contribution < 1.29 is 14.0 Å². The summed E-state index contributed by atoms with van der Waals surface area (Å²) in [7, 11) is 0. The molecule has 2 heterocycles. The number of halogens is 1. The molecule has 0 unspecified atom stereocenters. The summed E-state index contributed by atoms with van der Waals surface area (Å²) in [6.45, 7) is 3.97. The zero-order valence-electron chi connectivity index (χ0n) is 10.7. The van der Waals surface area contributed by atoms with E-state index >= 15 is 0 Å². The maximum Gasteiger partial charge on any atom is 0.179 e. The van der Waals surface area contributed by atoms with Gasteiger partial charge >= 0.3 is 0 Å². The summed E-state index contributed by atoms with van der Waals surface area (Å²) in [5, 5.41) is 1.74. The zero-order chi connectivity index (χ0) is 12.8. The van der Waals surface area contributed by atoms with Gasteiger partial charge in [0.1, 0.15) is 0 Å². The van der Waals surface area contributed by atoms with E-state index in [4.69, 9.17) is 9.57 Å². The van der Waals surface area contributed by atoms with Crippen LogP contribution in [0.15, 0.2) is 30.3 Å². The van der Waals surface area contributed by atoms with Crippen LogP contribution in [-0.2, 0) is 16.1 Å². The van der Waals surface area contributed by atoms with Crippen molar-refractivity contribution in [1.29, 1.82) is 0 Å². The molecule has 2 saturated heterocycles. The van der Waals surface area contributed by atoms with E-state index in [0.29, 0.717) is 13.0 Å². The maximum atomic E-state index is 14.7. The highest BCUT2D eigenvalue weighted by Gasteiger charge is 2.54. The van der Waals surface area contributed by atoms with Gasteiger partial charge in [0, 0.05) is 13.0 Å². The Morgan fingerprint density at radius 3 is 2.83 bits per heavy atom. The molecule has 0 aromatic heterocycles. The van der Waals surface area contributed by atoms with Crippen LogP contribution in [0.3, 0.4) is 0 Å². The average molecular weight is 251 g/mol. The molecule has 0 saturated carbocycles. The van der Waals surface area contributed by atoms with Gasteiger partial charge in [-0.15, -0.1) is 0 Å². The molecule has 0 spiro atoms. The van der Waals surface area contributed by atoms with Gasteiger partial charge in [-0.3, -0.25) is 4.84 Å². The van der Waals surface area contributed by atoms with Crippen LogP contribution in [0.2, 0.25) is 0 Å². The third kappa shape index (κ3) is 1.94. The van der Waals surface area contributed by atoms with Crippen molar-refractivity contribution in [3.63, 3.8) is 0 Å². The predicted molar refractivity (Wildman–Crippen MR) is 65.3 cm³/mol. The van der Waals surface area contributed by atoms with Crippen molar-refractivity contribution in [3.05, 3.63) is 35.9 Å². The van der Waals surface area contributed by atoms with E-state index in [1.54, 1.807) is 18.9 Å². The molecule has 0 aliphatic carbocycles. The van der Waals surface area contributed by atoms with E-state index in [-0.39, 0.29) is 12.3 Å². The van der Waals surface area contributed by atoms with Crippen LogP contribution in [0.5, 0.6) is 0 Å². The van der Waals surface area contributed by atoms with Crippen LogP contribution < -0.4 is 0 Å². The van der Waals surface area contributed by atoms with Crippen LogP contribution in [0.4, 0.5) is 4.39 Å². The van der Waals surface area contributed by atoms with E-state index in [9.17, 15) is 4.39 Å². The summed E-state index contributed by atoms with van der Waals surface area (Å²) in [6, 6.07) is 9.73. The van der Waals surface area contributed by atoms with Crippen molar-refractivity contribution in [2.45, 2.75) is 50.9 Å². The lowest BCUT2D eigenvalue weighted by Gasteiger charge is -2.37. The second-order valence-electron chi connectivity index (χ2n) is 5.28. The quantitative estimate of drug-likeness (QED) is 0.806. The van der Waals surface area contributed by atoms with Crippen LogP contribution in [0.25, 0.3) is 0 Å². The number of hydroxylamine groups is 2. The van der Waals surface area contributed by atoms with Crippen molar-refractivity contribution in [1.82, 2.24) is 5.06 Å². The maximum absolute atomic E-state index is 14.7. The first-order valence-electron chi connectivity index (χ1n) is 6.39. The Kier molecular flexibility index (Phi) is 2.88. The topological polar surface area (TPSA) is 21.7 Å². The fourth-order valence-electron chi connectivity index (χ4n) is 2.70. The lowest BCUT2D eigenvalue weighted by atomic mass is 9.88. The first-order valence-corrected chi connectivity index (χ1v) is 6.39. The van der Waals surface area contributed by atoms with E-state index in [1.807, 2.05) is 30.3 Å². The summed E-state index contributed by atoms with van der Waals surface area (Å²) in [5.74, 6) is 0. The molecule has 4 atom stereocenters. The van der Waals surface area contributed by atoms with E-state index < -0.39 is 11.8 Å². The lowest BCUT2D eigenvalue weighted by molar-refractivity contribution is -0.238. The minimum atomic E-state index is -1.37. The van der Waals surface area contributed by atoms with Crippen molar-refractivity contribution in [2.75, 3.05) is 0 Å². The Hall–Kier alpha value is -0.970. The molecule has 18 heavy (non-hydrogen) atoms. The van der Waals surface area contributed by atoms with Crippen LogP contribution in [0, 0.1) is 0 Å². The van der Waals surface area contributed by atoms with Crippen molar-refractivity contribution in [2.24, 2.45) is 0 Å². The SMILES string of the molecule is C[C@H]1O[C@@H]2C[C@@H](N(Cc3ccccc3)O2)[C@@]1(C)F. The molecular weight excluding hydrogens is 233 g/mol. The van der Waals surface area contributed by atoms with Gasteiger partial charge in [-0.1, -0.05) is 30.3 Å². The summed E-state index contributed by atoms with van der Waals surface area (Å²) < 4.78 is 20.2. The molecule has 0 radical (unpaired) electrons. The van der Waals surface area contributed by atoms with E-state index in [1.165, 1.54) is 0 Å². The highest BCUT2D eigenvalue weighted by molar-refractivity contribution is 5.15. The largest absolute Gasteiger partial charge is 0.344 e. The Balaban J connectivity index is 1.79. The Morgan fingerprint density at radius 2 is 2.11 bits per heavy atom. The smallest absolute Gasteiger partial charge is 0.179 e. The third-order valence-corrected chi connectivity index (χ3v) is 4.00. The highest BCUT2D eigenvalue weighted by atomic mass is 19.1. The highest BCUT2D eigenvalue weighted by Crippen LogP contribution is 2.41. The van der Waals surface area contributed by atoms with Gasteiger partial charge in [0.25, 0.3) is 0 Å². The van der Waals surface area contributed by atoms with E-state index in [0.717, 1.165) is 5.56 Å². The second kappa shape index (κ2) is 4.30. The number of alkyl halides is 1. The molecule has 2 aliphatic rings. The first-order chi connectivity index (χ1) is 8.57. The van der Waals surface area contributed by atoms with Crippen LogP contribution in [-0.4, -0.2) is 29.2 Å². The normalized spacial score (nSPS) is 40.1. The molecule has 0 N–H and O–H groups in total. The van der Waals surface area contributed by atoms with Crippen LogP contribution in [0.1, 0.15) is 25.8 Å². The van der Waals surface area contributed by atoms with Crippen molar-refractivity contribution >= 4 is 0 Å². The molecule has 3 rings (SSSR count). The minimum absolute atomic E-state index is 0.230. The number of nitrogens with zero attached hydrogens (tertiary/aromatic N) is 1. The van der Waals surface area contributed by atoms with Gasteiger partial charge in [-0.2, -0.15) is 5.06 Å². The monoisotopic (exact) mass is 251 g/mol. The molecule has 4 heteroatoms. The summed E-state index contributed by atoms with van der Waals surface area (Å²) in [5.41, 5.74) is -0.254.